The Morgan fingerprint density at radius 1 is 0.613 bits per heavy atom. The molecule has 1 aromatic carbocycles. The fourth-order valence-corrected chi connectivity index (χ4v) is 4.67. The molecule has 0 radical (unpaired) electrons. The minimum Gasteiger partial charge on any atom is -0.356 e. The molecule has 0 N–H and O–H groups in total. The highest BCUT2D eigenvalue weighted by Gasteiger charge is 2.23. The summed E-state index contributed by atoms with van der Waals surface area (Å²) in [5.41, 5.74) is 3.07. The van der Waals surface area contributed by atoms with Crippen LogP contribution in [0.2, 0.25) is 0 Å². The van der Waals surface area contributed by atoms with Gasteiger partial charge in [0.25, 0.3) is 0 Å². The zero-order valence-electron chi connectivity index (χ0n) is 18.6. The van der Waals surface area contributed by atoms with Crippen molar-refractivity contribution in [3.8, 4) is 0 Å². The lowest BCUT2D eigenvalue weighted by Gasteiger charge is -2.35. The summed E-state index contributed by atoms with van der Waals surface area (Å²) < 4.78 is 0. The second kappa shape index (κ2) is 8.65. The van der Waals surface area contributed by atoms with Crippen LogP contribution in [0.1, 0.15) is 37.1 Å². The van der Waals surface area contributed by atoms with Gasteiger partial charge in [0.1, 0.15) is 5.82 Å². The van der Waals surface area contributed by atoms with Gasteiger partial charge in [0.2, 0.25) is 11.9 Å². The number of rotatable bonds is 3. The van der Waals surface area contributed by atoms with Crippen LogP contribution < -0.4 is 14.7 Å². The van der Waals surface area contributed by atoms with E-state index >= 15 is 0 Å². The largest absolute Gasteiger partial charge is 0.356 e. The summed E-state index contributed by atoms with van der Waals surface area (Å²) in [5.74, 6) is 2.78. The molecule has 0 spiro atoms. The Kier molecular flexibility index (Phi) is 5.57. The molecule has 2 aliphatic rings. The Morgan fingerprint density at radius 3 is 1.84 bits per heavy atom. The topological polar surface area (TPSA) is 61.3 Å². The highest BCUT2D eigenvalue weighted by atomic mass is 15.4. The first-order valence-corrected chi connectivity index (χ1v) is 11.5. The lowest BCUT2D eigenvalue weighted by Crippen LogP contribution is -2.48. The first kappa shape index (κ1) is 20.0. The summed E-state index contributed by atoms with van der Waals surface area (Å²) in [7, 11) is 0. The predicted molar refractivity (Wildman–Crippen MR) is 126 cm³/mol. The van der Waals surface area contributed by atoms with E-state index < -0.39 is 0 Å². The molecule has 0 bridgehead atoms. The van der Waals surface area contributed by atoms with E-state index in [1.54, 1.807) is 0 Å². The first-order valence-electron chi connectivity index (χ1n) is 11.5. The quantitative estimate of drug-likeness (QED) is 0.643. The maximum Gasteiger partial charge on any atom is 0.228 e. The van der Waals surface area contributed by atoms with E-state index in [0.717, 1.165) is 79.3 Å². The molecule has 2 aliphatic heterocycles. The monoisotopic (exact) mass is 417 g/mol. The van der Waals surface area contributed by atoms with Crippen LogP contribution in [-0.4, -0.2) is 59.2 Å². The molecule has 7 nitrogen and oxygen atoms in total. The van der Waals surface area contributed by atoms with Crippen molar-refractivity contribution in [3.05, 3.63) is 41.7 Å². The van der Waals surface area contributed by atoms with Crippen LogP contribution in [0.4, 0.5) is 17.7 Å². The zero-order valence-corrected chi connectivity index (χ0v) is 18.6. The van der Waals surface area contributed by atoms with E-state index in [4.69, 9.17) is 9.97 Å². The van der Waals surface area contributed by atoms with Crippen molar-refractivity contribution in [1.82, 2.24) is 19.9 Å². The highest BCUT2D eigenvalue weighted by Crippen LogP contribution is 2.29. The molecule has 0 atom stereocenters. The standard InChI is InChI=1S/C24H31N7/c1-18-17-19(2)26-23(25-18)30-13-15-31(16-14-30)24-27-21-10-6-5-9-20(21)22(28-24)29-11-7-3-4-8-12-29/h5-6,9-10,17H,3-4,7-8,11-16H2,1-2H3. The van der Waals surface area contributed by atoms with Gasteiger partial charge in [0.15, 0.2) is 0 Å². The summed E-state index contributed by atoms with van der Waals surface area (Å²) in [6.45, 7) is 9.71. The number of hydrogen-bond acceptors (Lipinski definition) is 7. The molecule has 2 saturated heterocycles. The number of fused-ring (bicyclic) bond motifs is 1. The van der Waals surface area contributed by atoms with Gasteiger partial charge in [0, 0.05) is 56.0 Å². The number of hydrogen-bond donors (Lipinski definition) is 0. The molecule has 0 aliphatic carbocycles. The molecule has 0 saturated carbocycles. The molecule has 0 amide bonds. The first-order chi connectivity index (χ1) is 15.2. The Morgan fingerprint density at radius 2 is 1.19 bits per heavy atom. The van der Waals surface area contributed by atoms with Crippen molar-refractivity contribution in [3.63, 3.8) is 0 Å². The van der Waals surface area contributed by atoms with Crippen LogP contribution in [0.3, 0.4) is 0 Å². The normalized spacial score (nSPS) is 17.8. The van der Waals surface area contributed by atoms with Gasteiger partial charge in [-0.15, -0.1) is 0 Å². The smallest absolute Gasteiger partial charge is 0.228 e. The van der Waals surface area contributed by atoms with Gasteiger partial charge in [-0.2, -0.15) is 4.98 Å². The van der Waals surface area contributed by atoms with E-state index in [0.29, 0.717) is 0 Å². The lowest BCUT2D eigenvalue weighted by atomic mass is 10.2. The molecule has 2 fully saturated rings. The van der Waals surface area contributed by atoms with E-state index in [1.807, 2.05) is 19.9 Å². The van der Waals surface area contributed by atoms with Crippen LogP contribution in [0.25, 0.3) is 10.9 Å². The van der Waals surface area contributed by atoms with E-state index in [1.165, 1.54) is 25.7 Å². The fourth-order valence-electron chi connectivity index (χ4n) is 4.67. The SMILES string of the molecule is Cc1cc(C)nc(N2CCN(c3nc(N4CCCCCC4)c4ccccc4n3)CC2)n1. The lowest BCUT2D eigenvalue weighted by molar-refractivity contribution is 0.626. The van der Waals surface area contributed by atoms with Crippen LogP contribution in [0.5, 0.6) is 0 Å². The van der Waals surface area contributed by atoms with Crippen LogP contribution in [0.15, 0.2) is 30.3 Å². The van der Waals surface area contributed by atoms with Gasteiger partial charge in [-0.25, -0.2) is 15.0 Å². The van der Waals surface area contributed by atoms with E-state index in [-0.39, 0.29) is 0 Å². The maximum atomic E-state index is 5.11. The molecule has 162 valence electrons. The summed E-state index contributed by atoms with van der Waals surface area (Å²) >= 11 is 0. The van der Waals surface area contributed by atoms with Crippen molar-refractivity contribution in [2.45, 2.75) is 39.5 Å². The van der Waals surface area contributed by atoms with Crippen molar-refractivity contribution in [1.29, 1.82) is 0 Å². The van der Waals surface area contributed by atoms with E-state index in [9.17, 15) is 0 Å². The van der Waals surface area contributed by atoms with Crippen LogP contribution >= 0.6 is 0 Å². The summed E-state index contributed by atoms with van der Waals surface area (Å²) in [6.07, 6.45) is 5.11. The molecule has 3 aromatic rings. The van der Waals surface area contributed by atoms with Crippen molar-refractivity contribution >= 4 is 28.6 Å². The van der Waals surface area contributed by atoms with Gasteiger partial charge >= 0.3 is 0 Å². The number of nitrogens with zero attached hydrogens (tertiary/aromatic N) is 7. The molecular weight excluding hydrogens is 386 g/mol. The van der Waals surface area contributed by atoms with Gasteiger partial charge in [-0.3, -0.25) is 0 Å². The molecule has 0 unspecified atom stereocenters. The van der Waals surface area contributed by atoms with Gasteiger partial charge < -0.3 is 14.7 Å². The number of benzene rings is 1. The van der Waals surface area contributed by atoms with Gasteiger partial charge in [-0.1, -0.05) is 25.0 Å². The van der Waals surface area contributed by atoms with Gasteiger partial charge in [0.05, 0.1) is 5.52 Å². The minimum atomic E-state index is 0.835. The summed E-state index contributed by atoms with van der Waals surface area (Å²) in [6, 6.07) is 10.5. The third kappa shape index (κ3) is 4.27. The molecule has 4 heterocycles. The Hall–Kier alpha value is -2.96. The van der Waals surface area contributed by atoms with Crippen molar-refractivity contribution < 1.29 is 0 Å². The third-order valence-corrected chi connectivity index (χ3v) is 6.29. The second-order valence-electron chi connectivity index (χ2n) is 8.69. The van der Waals surface area contributed by atoms with Crippen LogP contribution in [-0.2, 0) is 0 Å². The van der Waals surface area contributed by atoms with Gasteiger partial charge in [-0.05, 0) is 44.9 Å². The summed E-state index contributed by atoms with van der Waals surface area (Å²) in [5, 5.41) is 1.16. The zero-order chi connectivity index (χ0) is 21.2. The number of anilines is 3. The fraction of sp³-hybridized carbons (Fsp3) is 0.500. The van der Waals surface area contributed by atoms with Crippen molar-refractivity contribution in [2.75, 3.05) is 54.0 Å². The number of aryl methyl sites for hydroxylation is 2. The Bertz CT molecular complexity index is 1030. The number of piperazine rings is 1. The predicted octanol–water partition coefficient (Wildman–Crippen LogP) is 3.74. The number of aromatic nitrogens is 4. The molecular formula is C24H31N7. The second-order valence-corrected chi connectivity index (χ2v) is 8.69. The minimum absolute atomic E-state index is 0.835. The maximum absolute atomic E-state index is 5.11. The van der Waals surface area contributed by atoms with Crippen molar-refractivity contribution in [2.24, 2.45) is 0 Å². The molecule has 31 heavy (non-hydrogen) atoms. The average Bonchev–Trinajstić information content (AvgIpc) is 3.07. The Balaban J connectivity index is 1.40. The third-order valence-electron chi connectivity index (χ3n) is 6.29. The van der Waals surface area contributed by atoms with Crippen LogP contribution in [0, 0.1) is 13.8 Å². The highest BCUT2D eigenvalue weighted by molar-refractivity contribution is 5.90. The average molecular weight is 418 g/mol. The molecule has 2 aromatic heterocycles. The number of para-hydroxylation sites is 1. The Labute approximate surface area is 184 Å². The summed E-state index contributed by atoms with van der Waals surface area (Å²) in [4.78, 5) is 26.4. The molecule has 5 rings (SSSR count). The molecule has 7 heteroatoms. The van der Waals surface area contributed by atoms with E-state index in [2.05, 4.69) is 48.9 Å².